The Balaban J connectivity index is 1.60. The van der Waals surface area contributed by atoms with E-state index < -0.39 is 0 Å². The Morgan fingerprint density at radius 2 is 1.89 bits per heavy atom. The van der Waals surface area contributed by atoms with E-state index >= 15 is 0 Å². The number of ketones is 1. The molecule has 0 spiro atoms. The molecule has 27 heavy (non-hydrogen) atoms. The van der Waals surface area contributed by atoms with E-state index in [9.17, 15) is 9.59 Å². The van der Waals surface area contributed by atoms with Crippen molar-refractivity contribution in [3.63, 3.8) is 0 Å². The third-order valence-electron chi connectivity index (χ3n) is 4.73. The zero-order valence-electron chi connectivity index (χ0n) is 15.6. The first-order chi connectivity index (χ1) is 13.1. The van der Waals surface area contributed by atoms with Crippen LogP contribution >= 0.6 is 11.3 Å². The number of amides is 1. The van der Waals surface area contributed by atoms with Crippen LogP contribution in [0.15, 0.2) is 41.8 Å². The van der Waals surface area contributed by atoms with Gasteiger partial charge >= 0.3 is 0 Å². The zero-order chi connectivity index (χ0) is 19.1. The number of rotatable bonds is 8. The first-order valence-corrected chi connectivity index (χ1v) is 10.2. The fourth-order valence-electron chi connectivity index (χ4n) is 3.13. The summed E-state index contributed by atoms with van der Waals surface area (Å²) < 4.78 is 5.42. The number of nitrogens with zero attached hydrogens (tertiary/aromatic N) is 1. The molecule has 1 fully saturated rings. The number of thiophene rings is 1. The Morgan fingerprint density at radius 3 is 2.56 bits per heavy atom. The summed E-state index contributed by atoms with van der Waals surface area (Å²) in [6.45, 7) is 5.99. The highest BCUT2D eigenvalue weighted by Crippen LogP contribution is 2.18. The van der Waals surface area contributed by atoms with Gasteiger partial charge in [0.05, 0.1) is 24.1 Å². The first kappa shape index (κ1) is 19.7. The van der Waals surface area contributed by atoms with Crippen LogP contribution in [0.4, 0.5) is 0 Å². The molecule has 2 aromatic rings. The average Bonchev–Trinajstić information content (AvgIpc) is 3.22. The van der Waals surface area contributed by atoms with Gasteiger partial charge in [0.25, 0.3) is 0 Å². The number of morpholine rings is 1. The van der Waals surface area contributed by atoms with Crippen molar-refractivity contribution in [2.75, 3.05) is 32.8 Å². The molecule has 0 saturated carbocycles. The lowest BCUT2D eigenvalue weighted by Gasteiger charge is -2.31. The summed E-state index contributed by atoms with van der Waals surface area (Å²) >= 11 is 1.42. The van der Waals surface area contributed by atoms with Gasteiger partial charge in [0.2, 0.25) is 5.91 Å². The van der Waals surface area contributed by atoms with Crippen molar-refractivity contribution >= 4 is 23.0 Å². The fraction of sp³-hybridized carbons (Fsp3) is 0.429. The molecule has 144 valence electrons. The van der Waals surface area contributed by atoms with E-state index in [1.54, 1.807) is 6.07 Å². The smallest absolute Gasteiger partial charge is 0.220 e. The SMILES string of the molecule is Cc1ccc([C@H](CN2CCOCC2)NC(=O)CCC(=O)c2cccs2)cc1. The largest absolute Gasteiger partial charge is 0.379 e. The summed E-state index contributed by atoms with van der Waals surface area (Å²) in [5, 5.41) is 5.01. The van der Waals surface area contributed by atoms with Crippen molar-refractivity contribution in [3.05, 3.63) is 57.8 Å². The molecule has 1 aliphatic heterocycles. The summed E-state index contributed by atoms with van der Waals surface area (Å²) in [5.74, 6) is -0.0565. The van der Waals surface area contributed by atoms with Crippen LogP contribution in [0.1, 0.15) is 39.7 Å². The summed E-state index contributed by atoms with van der Waals surface area (Å²) in [7, 11) is 0. The highest BCUT2D eigenvalue weighted by atomic mass is 32.1. The zero-order valence-corrected chi connectivity index (χ0v) is 16.5. The van der Waals surface area contributed by atoms with Crippen molar-refractivity contribution in [3.8, 4) is 0 Å². The molecule has 2 heterocycles. The Morgan fingerprint density at radius 1 is 1.15 bits per heavy atom. The number of carbonyl (C=O) groups excluding carboxylic acids is 2. The van der Waals surface area contributed by atoms with E-state index in [0.717, 1.165) is 38.4 Å². The monoisotopic (exact) mass is 386 g/mol. The van der Waals surface area contributed by atoms with Gasteiger partial charge in [-0.2, -0.15) is 0 Å². The highest BCUT2D eigenvalue weighted by Gasteiger charge is 2.20. The van der Waals surface area contributed by atoms with Crippen LogP contribution in [0.25, 0.3) is 0 Å². The molecule has 1 aromatic heterocycles. The predicted octanol–water partition coefficient (Wildman–Crippen LogP) is 3.21. The number of benzene rings is 1. The number of nitrogens with one attached hydrogen (secondary N) is 1. The predicted molar refractivity (Wildman–Crippen MR) is 107 cm³/mol. The summed E-state index contributed by atoms with van der Waals surface area (Å²) in [5.41, 5.74) is 2.28. The van der Waals surface area contributed by atoms with Crippen LogP contribution in [0.2, 0.25) is 0 Å². The molecule has 0 unspecified atom stereocenters. The van der Waals surface area contributed by atoms with Crippen LogP contribution in [-0.2, 0) is 9.53 Å². The minimum Gasteiger partial charge on any atom is -0.379 e. The number of Topliss-reactive ketones (excluding diaryl/α,β-unsaturated/α-hetero) is 1. The molecule has 0 radical (unpaired) electrons. The van der Waals surface area contributed by atoms with Crippen molar-refractivity contribution in [1.29, 1.82) is 0 Å². The summed E-state index contributed by atoms with van der Waals surface area (Å²) in [6, 6.07) is 11.8. The Kier molecular flexibility index (Phi) is 7.15. The summed E-state index contributed by atoms with van der Waals surface area (Å²) in [4.78, 5) is 27.7. The second-order valence-corrected chi connectivity index (χ2v) is 7.79. The van der Waals surface area contributed by atoms with E-state index in [0.29, 0.717) is 4.88 Å². The van der Waals surface area contributed by atoms with Gasteiger partial charge in [-0.3, -0.25) is 14.5 Å². The molecule has 0 bridgehead atoms. The lowest BCUT2D eigenvalue weighted by Crippen LogP contribution is -2.43. The van der Waals surface area contributed by atoms with Crippen molar-refractivity contribution in [2.45, 2.75) is 25.8 Å². The Hall–Kier alpha value is -2.02. The van der Waals surface area contributed by atoms with Gasteiger partial charge in [-0.15, -0.1) is 11.3 Å². The molecule has 1 amide bonds. The van der Waals surface area contributed by atoms with E-state index in [1.165, 1.54) is 16.9 Å². The van der Waals surface area contributed by atoms with E-state index in [4.69, 9.17) is 4.74 Å². The van der Waals surface area contributed by atoms with Gasteiger partial charge in [-0.1, -0.05) is 35.9 Å². The number of hydrogen-bond acceptors (Lipinski definition) is 5. The fourth-order valence-corrected chi connectivity index (χ4v) is 3.82. The van der Waals surface area contributed by atoms with Gasteiger partial charge in [0.1, 0.15) is 0 Å². The summed E-state index contributed by atoms with van der Waals surface area (Å²) in [6.07, 6.45) is 0.451. The molecule has 1 saturated heterocycles. The van der Waals surface area contributed by atoms with Crippen molar-refractivity contribution in [1.82, 2.24) is 10.2 Å². The van der Waals surface area contributed by atoms with Crippen molar-refractivity contribution in [2.24, 2.45) is 0 Å². The van der Waals surface area contributed by atoms with Crippen LogP contribution in [0.5, 0.6) is 0 Å². The molecule has 6 heteroatoms. The minimum absolute atomic E-state index is 0.0280. The maximum absolute atomic E-state index is 12.5. The second kappa shape index (κ2) is 9.78. The molecule has 5 nitrogen and oxygen atoms in total. The number of hydrogen-bond donors (Lipinski definition) is 1. The lowest BCUT2D eigenvalue weighted by molar-refractivity contribution is -0.122. The van der Waals surface area contributed by atoms with Gasteiger partial charge < -0.3 is 10.1 Å². The number of ether oxygens (including phenoxy) is 1. The maximum Gasteiger partial charge on any atom is 0.220 e. The van der Waals surface area contributed by atoms with E-state index in [1.807, 2.05) is 11.4 Å². The third kappa shape index (κ3) is 5.99. The van der Waals surface area contributed by atoms with Crippen LogP contribution < -0.4 is 5.32 Å². The Labute approximate surface area is 164 Å². The third-order valence-corrected chi connectivity index (χ3v) is 5.65. The quantitative estimate of drug-likeness (QED) is 0.708. The van der Waals surface area contributed by atoms with Gasteiger partial charge in [-0.25, -0.2) is 0 Å². The first-order valence-electron chi connectivity index (χ1n) is 9.34. The van der Waals surface area contributed by atoms with E-state index in [2.05, 4.69) is 41.4 Å². The number of aryl methyl sites for hydroxylation is 1. The van der Waals surface area contributed by atoms with Gasteiger partial charge in [0, 0.05) is 32.5 Å². The highest BCUT2D eigenvalue weighted by molar-refractivity contribution is 7.12. The average molecular weight is 387 g/mol. The van der Waals surface area contributed by atoms with Gasteiger partial charge in [0.15, 0.2) is 5.78 Å². The molecule has 3 rings (SSSR count). The van der Waals surface area contributed by atoms with Crippen molar-refractivity contribution < 1.29 is 14.3 Å². The minimum atomic E-state index is -0.0898. The maximum atomic E-state index is 12.5. The van der Waals surface area contributed by atoms with Crippen LogP contribution in [0.3, 0.4) is 0 Å². The molecular weight excluding hydrogens is 360 g/mol. The molecular formula is C21H26N2O3S. The molecule has 1 aromatic carbocycles. The molecule has 1 aliphatic rings. The topological polar surface area (TPSA) is 58.6 Å². The standard InChI is InChI=1S/C21H26N2O3S/c1-16-4-6-17(7-5-16)18(15-23-10-12-26-13-11-23)22-21(25)9-8-19(24)20-3-2-14-27-20/h2-7,14,18H,8-13,15H2,1H3,(H,22,25)/t18-/m0/s1. The molecule has 1 atom stereocenters. The normalized spacial score (nSPS) is 16.0. The van der Waals surface area contributed by atoms with E-state index in [-0.39, 0.29) is 30.6 Å². The second-order valence-electron chi connectivity index (χ2n) is 6.84. The van der Waals surface area contributed by atoms with Crippen LogP contribution in [-0.4, -0.2) is 49.4 Å². The van der Waals surface area contributed by atoms with Gasteiger partial charge in [-0.05, 0) is 23.9 Å². The molecule has 0 aliphatic carbocycles. The van der Waals surface area contributed by atoms with Crippen LogP contribution in [0, 0.1) is 6.92 Å². The lowest BCUT2D eigenvalue weighted by atomic mass is 10.0. The Bertz CT molecular complexity index is 737. The number of carbonyl (C=O) groups is 2. The molecule has 1 N–H and O–H groups in total.